The quantitative estimate of drug-likeness (QED) is 0.593. The molecular formula is C15H16Br2OS. The summed E-state index contributed by atoms with van der Waals surface area (Å²) < 4.78 is 6.60. The van der Waals surface area contributed by atoms with Crippen molar-refractivity contribution >= 4 is 43.2 Å². The van der Waals surface area contributed by atoms with Crippen LogP contribution < -0.4 is 4.74 Å². The minimum absolute atomic E-state index is 0.585. The number of rotatable bonds is 6. The van der Waals surface area contributed by atoms with E-state index < -0.39 is 0 Å². The summed E-state index contributed by atoms with van der Waals surface area (Å²) in [6, 6.07) is 10.5. The van der Waals surface area contributed by atoms with Crippen LogP contribution in [0.15, 0.2) is 40.2 Å². The van der Waals surface area contributed by atoms with Crippen molar-refractivity contribution in [2.45, 2.75) is 12.8 Å². The molecule has 1 aromatic carbocycles. The third-order valence-corrected chi connectivity index (χ3v) is 5.67. The van der Waals surface area contributed by atoms with Gasteiger partial charge in [0.2, 0.25) is 0 Å². The van der Waals surface area contributed by atoms with Crippen LogP contribution in [-0.2, 0) is 12.8 Å². The van der Waals surface area contributed by atoms with Crippen LogP contribution in [0.5, 0.6) is 5.75 Å². The van der Waals surface area contributed by atoms with E-state index in [4.69, 9.17) is 4.74 Å². The number of halogens is 2. The normalized spacial score (nSPS) is 12.4. The summed E-state index contributed by atoms with van der Waals surface area (Å²) >= 11 is 8.96. The van der Waals surface area contributed by atoms with Gasteiger partial charge in [0.15, 0.2) is 0 Å². The van der Waals surface area contributed by atoms with Crippen LogP contribution >= 0.6 is 43.2 Å². The summed E-state index contributed by atoms with van der Waals surface area (Å²) in [4.78, 5) is 1.42. The summed E-state index contributed by atoms with van der Waals surface area (Å²) in [6.45, 7) is 0. The van der Waals surface area contributed by atoms with Crippen molar-refractivity contribution in [3.63, 3.8) is 0 Å². The molecule has 4 heteroatoms. The second-order valence-corrected chi connectivity index (χ2v) is 7.03. The lowest BCUT2D eigenvalue weighted by atomic mass is 9.97. The average molecular weight is 404 g/mol. The molecule has 1 unspecified atom stereocenters. The number of alkyl halides is 1. The first-order valence-electron chi connectivity index (χ1n) is 6.13. The molecule has 1 nitrogen and oxygen atoms in total. The second kappa shape index (κ2) is 7.46. The van der Waals surface area contributed by atoms with Crippen molar-refractivity contribution in [1.29, 1.82) is 0 Å². The topological polar surface area (TPSA) is 9.23 Å². The first-order valence-corrected chi connectivity index (χ1v) is 8.93. The highest BCUT2D eigenvalue weighted by atomic mass is 79.9. The van der Waals surface area contributed by atoms with Crippen molar-refractivity contribution in [2.75, 3.05) is 12.4 Å². The van der Waals surface area contributed by atoms with Crippen molar-refractivity contribution in [2.24, 2.45) is 5.92 Å². The third-order valence-electron chi connectivity index (χ3n) is 3.03. The van der Waals surface area contributed by atoms with E-state index >= 15 is 0 Å². The van der Waals surface area contributed by atoms with Crippen molar-refractivity contribution in [1.82, 2.24) is 0 Å². The fourth-order valence-electron chi connectivity index (χ4n) is 2.11. The summed E-state index contributed by atoms with van der Waals surface area (Å²) in [5.41, 5.74) is 1.28. The standard InChI is InChI=1S/C15H16Br2OS/c1-18-15-5-3-2-4-12(15)6-11(9-16)7-14-8-13(17)10-19-14/h2-5,8,10-11H,6-7,9H2,1H3. The van der Waals surface area contributed by atoms with Crippen molar-refractivity contribution in [3.05, 3.63) is 50.6 Å². The van der Waals surface area contributed by atoms with Crippen LogP contribution in [0.25, 0.3) is 0 Å². The number of ether oxygens (including phenoxy) is 1. The minimum atomic E-state index is 0.585. The van der Waals surface area contributed by atoms with E-state index in [1.54, 1.807) is 7.11 Å². The number of benzene rings is 1. The molecule has 0 amide bonds. The molecule has 2 rings (SSSR count). The van der Waals surface area contributed by atoms with Gasteiger partial charge in [-0.3, -0.25) is 0 Å². The maximum Gasteiger partial charge on any atom is 0.122 e. The van der Waals surface area contributed by atoms with Crippen molar-refractivity contribution in [3.8, 4) is 5.75 Å². The molecule has 1 aromatic heterocycles. The Labute approximate surface area is 135 Å². The fourth-order valence-corrected chi connectivity index (χ4v) is 4.13. The zero-order chi connectivity index (χ0) is 13.7. The Balaban J connectivity index is 2.06. The SMILES string of the molecule is COc1ccccc1CC(CBr)Cc1cc(Br)cs1. The van der Waals surface area contributed by atoms with Gasteiger partial charge in [-0.15, -0.1) is 11.3 Å². The van der Waals surface area contributed by atoms with Gasteiger partial charge in [0.05, 0.1) is 7.11 Å². The van der Waals surface area contributed by atoms with E-state index in [-0.39, 0.29) is 0 Å². The van der Waals surface area contributed by atoms with Gasteiger partial charge < -0.3 is 4.74 Å². The number of methoxy groups -OCH3 is 1. The third kappa shape index (κ3) is 4.33. The van der Waals surface area contributed by atoms with Crippen LogP contribution in [0.4, 0.5) is 0 Å². The number of hydrogen-bond donors (Lipinski definition) is 0. The van der Waals surface area contributed by atoms with E-state index in [0.717, 1.165) is 23.9 Å². The van der Waals surface area contributed by atoms with E-state index in [1.165, 1.54) is 14.9 Å². The molecular weight excluding hydrogens is 388 g/mol. The molecule has 0 saturated carbocycles. The van der Waals surface area contributed by atoms with Crippen LogP contribution in [-0.4, -0.2) is 12.4 Å². The average Bonchev–Trinajstić information content (AvgIpc) is 2.84. The van der Waals surface area contributed by atoms with Gasteiger partial charge in [-0.25, -0.2) is 0 Å². The summed E-state index contributed by atoms with van der Waals surface area (Å²) in [5.74, 6) is 1.57. The maximum atomic E-state index is 5.42. The lowest BCUT2D eigenvalue weighted by molar-refractivity contribution is 0.406. The number of thiophene rings is 1. The first-order chi connectivity index (χ1) is 9.22. The molecule has 1 atom stereocenters. The molecule has 102 valence electrons. The molecule has 0 saturated heterocycles. The zero-order valence-corrected chi connectivity index (χ0v) is 14.7. The molecule has 0 spiro atoms. The maximum absolute atomic E-state index is 5.42. The predicted molar refractivity (Wildman–Crippen MR) is 89.7 cm³/mol. The largest absolute Gasteiger partial charge is 0.496 e. The number of hydrogen-bond acceptors (Lipinski definition) is 2. The van der Waals surface area contributed by atoms with E-state index in [2.05, 4.69) is 55.4 Å². The Hall–Kier alpha value is -0.320. The molecule has 0 aliphatic heterocycles. The van der Waals surface area contributed by atoms with Crippen LogP contribution in [0.3, 0.4) is 0 Å². The lowest BCUT2D eigenvalue weighted by Gasteiger charge is -2.15. The Kier molecular flexibility index (Phi) is 5.92. The van der Waals surface area contributed by atoms with E-state index in [0.29, 0.717) is 5.92 Å². The van der Waals surface area contributed by atoms with Crippen LogP contribution in [0.1, 0.15) is 10.4 Å². The van der Waals surface area contributed by atoms with Gasteiger partial charge in [-0.05, 0) is 52.4 Å². The molecule has 0 N–H and O–H groups in total. The van der Waals surface area contributed by atoms with Gasteiger partial charge in [-0.1, -0.05) is 34.1 Å². The molecule has 0 bridgehead atoms. The molecule has 1 heterocycles. The van der Waals surface area contributed by atoms with Crippen LogP contribution in [0, 0.1) is 5.92 Å². The smallest absolute Gasteiger partial charge is 0.122 e. The van der Waals surface area contributed by atoms with Crippen molar-refractivity contribution < 1.29 is 4.74 Å². The highest BCUT2D eigenvalue weighted by Crippen LogP contribution is 2.27. The van der Waals surface area contributed by atoms with Gasteiger partial charge in [0.25, 0.3) is 0 Å². The van der Waals surface area contributed by atoms with E-state index in [9.17, 15) is 0 Å². The monoisotopic (exact) mass is 402 g/mol. The minimum Gasteiger partial charge on any atom is -0.496 e. The van der Waals surface area contributed by atoms with Gasteiger partial charge in [-0.2, -0.15) is 0 Å². The second-order valence-electron chi connectivity index (χ2n) is 4.47. The Morgan fingerprint density at radius 2 is 2.05 bits per heavy atom. The Morgan fingerprint density at radius 1 is 1.26 bits per heavy atom. The van der Waals surface area contributed by atoms with Crippen LogP contribution in [0.2, 0.25) is 0 Å². The molecule has 0 aliphatic rings. The summed E-state index contributed by atoms with van der Waals surface area (Å²) in [5, 5.41) is 3.14. The molecule has 0 radical (unpaired) electrons. The highest BCUT2D eigenvalue weighted by molar-refractivity contribution is 9.10. The summed E-state index contributed by atoms with van der Waals surface area (Å²) in [6.07, 6.45) is 2.13. The lowest BCUT2D eigenvalue weighted by Crippen LogP contribution is -2.10. The molecule has 2 aromatic rings. The summed E-state index contributed by atoms with van der Waals surface area (Å²) in [7, 11) is 1.73. The zero-order valence-electron chi connectivity index (χ0n) is 10.7. The van der Waals surface area contributed by atoms with E-state index in [1.807, 2.05) is 23.5 Å². The molecule has 0 aliphatic carbocycles. The molecule has 19 heavy (non-hydrogen) atoms. The van der Waals surface area contributed by atoms with Gasteiger partial charge in [0, 0.05) is 20.1 Å². The Bertz CT molecular complexity index is 524. The first kappa shape index (κ1) is 15.1. The predicted octanol–water partition coefficient (Wildman–Crippen LogP) is 5.32. The van der Waals surface area contributed by atoms with Gasteiger partial charge in [0.1, 0.15) is 5.75 Å². The highest BCUT2D eigenvalue weighted by Gasteiger charge is 2.13. The number of para-hydroxylation sites is 1. The Morgan fingerprint density at radius 3 is 2.68 bits per heavy atom. The van der Waals surface area contributed by atoms with Gasteiger partial charge >= 0.3 is 0 Å². The molecule has 0 fully saturated rings. The fraction of sp³-hybridized carbons (Fsp3) is 0.333.